The summed E-state index contributed by atoms with van der Waals surface area (Å²) in [4.78, 5) is 8.43. The van der Waals surface area contributed by atoms with Crippen LogP contribution in [0.2, 0.25) is 0 Å². The van der Waals surface area contributed by atoms with Gasteiger partial charge in [-0.1, -0.05) is 6.07 Å². The van der Waals surface area contributed by atoms with Crippen LogP contribution in [0.4, 0.5) is 0 Å². The molecule has 0 spiro atoms. The van der Waals surface area contributed by atoms with E-state index >= 15 is 0 Å². The predicted molar refractivity (Wildman–Crippen MR) is 93.6 cm³/mol. The number of ether oxygens (including phenoxy) is 1. The Labute approximate surface area is 140 Å². The van der Waals surface area contributed by atoms with Crippen molar-refractivity contribution in [2.75, 3.05) is 26.2 Å². The lowest BCUT2D eigenvalue weighted by molar-refractivity contribution is -0.0674. The van der Waals surface area contributed by atoms with Gasteiger partial charge in [0, 0.05) is 38.1 Å². The number of rotatable bonds is 6. The quantitative estimate of drug-likeness (QED) is 0.822. The highest BCUT2D eigenvalue weighted by atomic mass is 32.1. The molecular weight excluding hydrogens is 314 g/mol. The van der Waals surface area contributed by atoms with E-state index in [4.69, 9.17) is 9.72 Å². The first-order chi connectivity index (χ1) is 10.7. The number of hydrogen-bond acceptors (Lipinski definition) is 6. The van der Waals surface area contributed by atoms with Crippen molar-refractivity contribution in [1.29, 1.82) is 0 Å². The molecule has 0 aliphatic carbocycles. The zero-order valence-corrected chi connectivity index (χ0v) is 14.8. The molecule has 0 radical (unpaired) electrons. The van der Waals surface area contributed by atoms with Crippen LogP contribution in [0.5, 0.6) is 0 Å². The van der Waals surface area contributed by atoms with E-state index in [0.717, 1.165) is 43.4 Å². The minimum absolute atomic E-state index is 0.343. The molecule has 2 aromatic heterocycles. The fraction of sp³-hybridized carbons (Fsp3) is 0.562. The Morgan fingerprint density at radius 2 is 2.14 bits per heavy atom. The molecule has 0 saturated carbocycles. The predicted octanol–water partition coefficient (Wildman–Crippen LogP) is 3.07. The summed E-state index contributed by atoms with van der Waals surface area (Å²) in [5.74, 6) is 0. The molecule has 1 aliphatic heterocycles. The monoisotopic (exact) mass is 337 g/mol. The summed E-state index contributed by atoms with van der Waals surface area (Å²) in [5, 5.41) is 8.88. The molecule has 120 valence electrons. The van der Waals surface area contributed by atoms with Gasteiger partial charge in [-0.3, -0.25) is 4.90 Å². The highest BCUT2D eigenvalue weighted by Gasteiger charge is 2.21. The van der Waals surface area contributed by atoms with E-state index in [9.17, 15) is 0 Å². The van der Waals surface area contributed by atoms with Crippen molar-refractivity contribution in [1.82, 2.24) is 15.2 Å². The molecule has 0 bridgehead atoms. The first kappa shape index (κ1) is 16.1. The van der Waals surface area contributed by atoms with Crippen molar-refractivity contribution < 1.29 is 4.74 Å². The van der Waals surface area contributed by atoms with E-state index in [0.29, 0.717) is 12.2 Å². The first-order valence-electron chi connectivity index (χ1n) is 7.77. The van der Waals surface area contributed by atoms with Gasteiger partial charge in [-0.25, -0.2) is 4.98 Å². The van der Waals surface area contributed by atoms with Gasteiger partial charge in [0.05, 0.1) is 22.8 Å². The SMILES string of the molecule is C[C@@H]1CN(CCNCc2csc(-c3cccs3)n2)C[C@H](C)O1. The number of nitrogens with zero attached hydrogens (tertiary/aromatic N) is 2. The van der Waals surface area contributed by atoms with Crippen molar-refractivity contribution in [2.24, 2.45) is 0 Å². The van der Waals surface area contributed by atoms with Crippen LogP contribution in [0.1, 0.15) is 19.5 Å². The lowest BCUT2D eigenvalue weighted by Crippen LogP contribution is -2.47. The summed E-state index contributed by atoms with van der Waals surface area (Å²) in [6.45, 7) is 9.27. The minimum Gasteiger partial charge on any atom is -0.373 e. The van der Waals surface area contributed by atoms with Crippen molar-refractivity contribution >= 4 is 22.7 Å². The van der Waals surface area contributed by atoms with Gasteiger partial charge in [-0.05, 0) is 25.3 Å². The number of thiazole rings is 1. The molecule has 3 heterocycles. The zero-order valence-electron chi connectivity index (χ0n) is 13.1. The average molecular weight is 338 g/mol. The summed E-state index contributed by atoms with van der Waals surface area (Å²) in [7, 11) is 0. The molecule has 3 rings (SSSR count). The third-order valence-corrected chi connectivity index (χ3v) is 5.62. The maximum absolute atomic E-state index is 5.76. The third kappa shape index (κ3) is 4.36. The van der Waals surface area contributed by atoms with Crippen molar-refractivity contribution in [3.8, 4) is 9.88 Å². The highest BCUT2D eigenvalue weighted by Crippen LogP contribution is 2.27. The van der Waals surface area contributed by atoms with Crippen LogP contribution in [-0.2, 0) is 11.3 Å². The molecule has 1 saturated heterocycles. The maximum Gasteiger partial charge on any atom is 0.133 e. The van der Waals surface area contributed by atoms with E-state index in [1.165, 1.54) is 4.88 Å². The Hall–Kier alpha value is -0.790. The third-order valence-electron chi connectivity index (χ3n) is 3.69. The van der Waals surface area contributed by atoms with E-state index in [1.807, 2.05) is 0 Å². The lowest BCUT2D eigenvalue weighted by Gasteiger charge is -2.35. The van der Waals surface area contributed by atoms with Gasteiger partial charge in [0.1, 0.15) is 5.01 Å². The Morgan fingerprint density at radius 1 is 1.32 bits per heavy atom. The van der Waals surface area contributed by atoms with Gasteiger partial charge in [0.2, 0.25) is 0 Å². The molecule has 6 heteroatoms. The number of morpholine rings is 1. The summed E-state index contributed by atoms with van der Waals surface area (Å²) >= 11 is 3.47. The highest BCUT2D eigenvalue weighted by molar-refractivity contribution is 7.20. The van der Waals surface area contributed by atoms with E-state index in [-0.39, 0.29) is 0 Å². The second-order valence-electron chi connectivity index (χ2n) is 5.81. The van der Waals surface area contributed by atoms with Gasteiger partial charge in [-0.2, -0.15) is 0 Å². The summed E-state index contributed by atoms with van der Waals surface area (Å²) in [5.41, 5.74) is 1.14. The molecule has 0 amide bonds. The smallest absolute Gasteiger partial charge is 0.133 e. The van der Waals surface area contributed by atoms with Gasteiger partial charge >= 0.3 is 0 Å². The Balaban J connectivity index is 1.40. The van der Waals surface area contributed by atoms with Crippen molar-refractivity contribution in [3.63, 3.8) is 0 Å². The summed E-state index contributed by atoms with van der Waals surface area (Å²) in [6, 6.07) is 4.20. The second kappa shape index (κ2) is 7.66. The van der Waals surface area contributed by atoms with Crippen LogP contribution in [0.15, 0.2) is 22.9 Å². The molecule has 1 fully saturated rings. The van der Waals surface area contributed by atoms with Crippen molar-refractivity contribution in [2.45, 2.75) is 32.6 Å². The normalized spacial score (nSPS) is 23.0. The van der Waals surface area contributed by atoms with E-state index in [1.54, 1.807) is 22.7 Å². The van der Waals surface area contributed by atoms with Crippen LogP contribution >= 0.6 is 22.7 Å². The Kier molecular flexibility index (Phi) is 5.60. The number of hydrogen-bond donors (Lipinski definition) is 1. The van der Waals surface area contributed by atoms with Crippen LogP contribution in [0.3, 0.4) is 0 Å². The molecule has 1 aliphatic rings. The fourth-order valence-electron chi connectivity index (χ4n) is 2.82. The number of nitrogens with one attached hydrogen (secondary N) is 1. The maximum atomic E-state index is 5.76. The molecular formula is C16H23N3OS2. The first-order valence-corrected chi connectivity index (χ1v) is 9.53. The zero-order chi connectivity index (χ0) is 15.4. The number of aromatic nitrogens is 1. The van der Waals surface area contributed by atoms with Gasteiger partial charge in [0.25, 0.3) is 0 Å². The Morgan fingerprint density at radius 3 is 2.86 bits per heavy atom. The van der Waals surface area contributed by atoms with E-state index in [2.05, 4.69) is 47.0 Å². The summed E-state index contributed by atoms with van der Waals surface area (Å²) in [6.07, 6.45) is 0.686. The fourth-order valence-corrected chi connectivity index (χ4v) is 4.46. The van der Waals surface area contributed by atoms with Crippen LogP contribution < -0.4 is 5.32 Å². The molecule has 2 aromatic rings. The largest absolute Gasteiger partial charge is 0.373 e. The average Bonchev–Trinajstić information content (AvgIpc) is 3.13. The standard InChI is InChI=1S/C16H23N3OS2/c1-12-9-19(10-13(2)20-12)6-5-17-8-14-11-22-16(18-14)15-4-3-7-21-15/h3-4,7,11-13,17H,5-6,8-10H2,1-2H3/t12-,13+. The van der Waals surface area contributed by atoms with Crippen LogP contribution in [-0.4, -0.2) is 48.3 Å². The van der Waals surface area contributed by atoms with Crippen LogP contribution in [0.25, 0.3) is 9.88 Å². The van der Waals surface area contributed by atoms with E-state index < -0.39 is 0 Å². The van der Waals surface area contributed by atoms with Gasteiger partial charge < -0.3 is 10.1 Å². The number of thiophene rings is 1. The molecule has 0 aromatic carbocycles. The minimum atomic E-state index is 0.343. The van der Waals surface area contributed by atoms with Gasteiger partial charge in [0.15, 0.2) is 0 Å². The molecule has 2 atom stereocenters. The topological polar surface area (TPSA) is 37.4 Å². The van der Waals surface area contributed by atoms with Gasteiger partial charge in [-0.15, -0.1) is 22.7 Å². The Bertz CT molecular complexity index is 560. The molecule has 4 nitrogen and oxygen atoms in total. The summed E-state index contributed by atoms with van der Waals surface area (Å²) < 4.78 is 5.76. The molecule has 1 N–H and O–H groups in total. The molecule has 0 unspecified atom stereocenters. The van der Waals surface area contributed by atoms with Crippen LogP contribution in [0, 0.1) is 0 Å². The van der Waals surface area contributed by atoms with Crippen molar-refractivity contribution in [3.05, 3.63) is 28.6 Å². The second-order valence-corrected chi connectivity index (χ2v) is 7.62. The lowest BCUT2D eigenvalue weighted by atomic mass is 10.2. The molecule has 22 heavy (non-hydrogen) atoms.